The lowest BCUT2D eigenvalue weighted by molar-refractivity contribution is 0.388. The first-order chi connectivity index (χ1) is 8.90. The van der Waals surface area contributed by atoms with Gasteiger partial charge in [-0.05, 0) is 30.4 Å². The van der Waals surface area contributed by atoms with E-state index in [0.717, 1.165) is 19.0 Å². The van der Waals surface area contributed by atoms with E-state index in [1.807, 2.05) is 0 Å². The van der Waals surface area contributed by atoms with Gasteiger partial charge in [0.05, 0.1) is 0 Å². The molecule has 0 bridgehead atoms. The lowest BCUT2D eigenvalue weighted by Gasteiger charge is -2.21. The van der Waals surface area contributed by atoms with Crippen LogP contribution in [0.3, 0.4) is 0 Å². The number of nitrogens with one attached hydrogen (secondary N) is 1. The minimum atomic E-state index is 0.746. The number of rotatable bonds is 4. The lowest BCUT2D eigenvalue weighted by Crippen LogP contribution is -2.29. The number of hydrogen-bond acceptors (Lipinski definition) is 1. The summed E-state index contributed by atoms with van der Waals surface area (Å²) in [7, 11) is 0. The molecule has 1 aliphatic carbocycles. The van der Waals surface area contributed by atoms with E-state index >= 15 is 0 Å². The topological polar surface area (TPSA) is 12.0 Å². The van der Waals surface area contributed by atoms with Gasteiger partial charge in [-0.15, -0.1) is 0 Å². The smallest absolute Gasteiger partial charge is 0.0210 e. The van der Waals surface area contributed by atoms with Gasteiger partial charge >= 0.3 is 0 Å². The molecule has 0 amide bonds. The molecule has 100 valence electrons. The Balaban J connectivity index is 1.85. The van der Waals surface area contributed by atoms with Crippen LogP contribution in [0.2, 0.25) is 0 Å². The molecule has 0 spiro atoms. The molecule has 1 aromatic rings. The van der Waals surface area contributed by atoms with Gasteiger partial charge in [-0.25, -0.2) is 0 Å². The third-order valence-corrected chi connectivity index (χ3v) is 4.19. The SMILES string of the molecule is CCc1ccccc1CNC1CCCCCCC1. The van der Waals surface area contributed by atoms with Gasteiger partial charge < -0.3 is 5.32 Å². The van der Waals surface area contributed by atoms with Gasteiger partial charge in [0.15, 0.2) is 0 Å². The van der Waals surface area contributed by atoms with Crippen LogP contribution in [-0.2, 0) is 13.0 Å². The maximum absolute atomic E-state index is 3.78. The van der Waals surface area contributed by atoms with Gasteiger partial charge in [-0.2, -0.15) is 0 Å². The highest BCUT2D eigenvalue weighted by Crippen LogP contribution is 2.18. The Bertz CT molecular complexity index is 337. The monoisotopic (exact) mass is 245 g/mol. The predicted molar refractivity (Wildman–Crippen MR) is 78.8 cm³/mol. The third-order valence-electron chi connectivity index (χ3n) is 4.19. The standard InChI is InChI=1S/C17H27N/c1-2-15-10-8-9-11-16(15)14-18-17-12-6-4-3-5-7-13-17/h8-11,17-18H,2-7,12-14H2,1H3. The average molecular weight is 245 g/mol. The van der Waals surface area contributed by atoms with E-state index in [2.05, 4.69) is 36.5 Å². The minimum absolute atomic E-state index is 0.746. The van der Waals surface area contributed by atoms with E-state index in [1.54, 1.807) is 0 Å². The Morgan fingerprint density at radius 2 is 1.56 bits per heavy atom. The van der Waals surface area contributed by atoms with Crippen molar-refractivity contribution in [3.05, 3.63) is 35.4 Å². The molecule has 0 aliphatic heterocycles. The second kappa shape index (κ2) is 7.58. The zero-order valence-corrected chi connectivity index (χ0v) is 11.8. The number of aryl methyl sites for hydroxylation is 1. The lowest BCUT2D eigenvalue weighted by atomic mass is 9.96. The summed E-state index contributed by atoms with van der Waals surface area (Å²) in [5.74, 6) is 0. The minimum Gasteiger partial charge on any atom is -0.310 e. The van der Waals surface area contributed by atoms with E-state index in [-0.39, 0.29) is 0 Å². The molecule has 2 rings (SSSR count). The van der Waals surface area contributed by atoms with Crippen molar-refractivity contribution in [1.82, 2.24) is 5.32 Å². The summed E-state index contributed by atoms with van der Waals surface area (Å²) >= 11 is 0. The first-order valence-corrected chi connectivity index (χ1v) is 7.70. The van der Waals surface area contributed by atoms with Crippen LogP contribution in [-0.4, -0.2) is 6.04 Å². The molecule has 0 unspecified atom stereocenters. The summed E-state index contributed by atoms with van der Waals surface area (Å²) in [6.07, 6.45) is 11.0. The Labute approximate surface area is 112 Å². The zero-order chi connectivity index (χ0) is 12.6. The van der Waals surface area contributed by atoms with Gasteiger partial charge in [0, 0.05) is 12.6 Å². The third kappa shape index (κ3) is 4.13. The van der Waals surface area contributed by atoms with Crippen LogP contribution in [0.25, 0.3) is 0 Å². The van der Waals surface area contributed by atoms with Crippen LogP contribution < -0.4 is 5.32 Å². The zero-order valence-electron chi connectivity index (χ0n) is 11.8. The van der Waals surface area contributed by atoms with Crippen molar-refractivity contribution >= 4 is 0 Å². The highest BCUT2D eigenvalue weighted by atomic mass is 14.9. The highest BCUT2D eigenvalue weighted by Gasteiger charge is 2.11. The van der Waals surface area contributed by atoms with Crippen molar-refractivity contribution in [2.75, 3.05) is 0 Å². The van der Waals surface area contributed by atoms with Gasteiger partial charge in [-0.3, -0.25) is 0 Å². The van der Waals surface area contributed by atoms with E-state index < -0.39 is 0 Å². The Morgan fingerprint density at radius 1 is 0.944 bits per heavy atom. The molecule has 1 N–H and O–H groups in total. The molecule has 0 heterocycles. The quantitative estimate of drug-likeness (QED) is 0.826. The summed E-state index contributed by atoms with van der Waals surface area (Å²) in [6, 6.07) is 9.59. The molecule has 0 atom stereocenters. The average Bonchev–Trinajstić information content (AvgIpc) is 2.38. The summed E-state index contributed by atoms with van der Waals surface area (Å²) in [5.41, 5.74) is 2.98. The Kier molecular flexibility index (Phi) is 5.73. The van der Waals surface area contributed by atoms with Crippen LogP contribution in [0.15, 0.2) is 24.3 Å². The van der Waals surface area contributed by atoms with Crippen LogP contribution in [0.4, 0.5) is 0 Å². The molecule has 1 aliphatic rings. The van der Waals surface area contributed by atoms with Crippen LogP contribution in [0, 0.1) is 0 Å². The molecule has 0 aromatic heterocycles. The molecule has 1 fully saturated rings. The summed E-state index contributed by atoms with van der Waals surface area (Å²) < 4.78 is 0. The van der Waals surface area contributed by atoms with Gasteiger partial charge in [0.1, 0.15) is 0 Å². The Morgan fingerprint density at radius 3 is 2.22 bits per heavy atom. The molecule has 1 heteroatoms. The fraction of sp³-hybridized carbons (Fsp3) is 0.647. The normalized spacial score (nSPS) is 18.3. The molecule has 18 heavy (non-hydrogen) atoms. The molecule has 1 saturated carbocycles. The number of hydrogen-bond donors (Lipinski definition) is 1. The largest absolute Gasteiger partial charge is 0.310 e. The van der Waals surface area contributed by atoms with E-state index in [9.17, 15) is 0 Å². The summed E-state index contributed by atoms with van der Waals surface area (Å²) in [5, 5.41) is 3.78. The molecule has 0 saturated heterocycles. The van der Waals surface area contributed by atoms with Crippen molar-refractivity contribution in [3.8, 4) is 0 Å². The number of benzene rings is 1. The van der Waals surface area contributed by atoms with Gasteiger partial charge in [0.2, 0.25) is 0 Å². The van der Waals surface area contributed by atoms with Gasteiger partial charge in [0.25, 0.3) is 0 Å². The fourth-order valence-electron chi connectivity index (χ4n) is 2.99. The summed E-state index contributed by atoms with van der Waals surface area (Å²) in [6.45, 7) is 3.29. The van der Waals surface area contributed by atoms with Crippen molar-refractivity contribution in [1.29, 1.82) is 0 Å². The van der Waals surface area contributed by atoms with E-state index in [0.29, 0.717) is 0 Å². The molecule has 0 radical (unpaired) electrons. The summed E-state index contributed by atoms with van der Waals surface area (Å²) in [4.78, 5) is 0. The molecular weight excluding hydrogens is 218 g/mol. The fourth-order valence-corrected chi connectivity index (χ4v) is 2.99. The van der Waals surface area contributed by atoms with Crippen molar-refractivity contribution < 1.29 is 0 Å². The van der Waals surface area contributed by atoms with Gasteiger partial charge in [-0.1, -0.05) is 63.3 Å². The van der Waals surface area contributed by atoms with Crippen LogP contribution in [0.1, 0.15) is 63.0 Å². The highest BCUT2D eigenvalue weighted by molar-refractivity contribution is 5.26. The van der Waals surface area contributed by atoms with Crippen molar-refractivity contribution in [3.63, 3.8) is 0 Å². The van der Waals surface area contributed by atoms with Crippen molar-refractivity contribution in [2.45, 2.75) is 70.9 Å². The molecule has 1 nitrogen and oxygen atoms in total. The Hall–Kier alpha value is -0.820. The van der Waals surface area contributed by atoms with E-state index in [1.165, 1.54) is 56.1 Å². The second-order valence-electron chi connectivity index (χ2n) is 5.55. The van der Waals surface area contributed by atoms with Crippen LogP contribution in [0.5, 0.6) is 0 Å². The first-order valence-electron chi connectivity index (χ1n) is 7.70. The predicted octanol–water partition coefficient (Wildman–Crippen LogP) is 4.45. The second-order valence-corrected chi connectivity index (χ2v) is 5.55. The maximum atomic E-state index is 3.78. The van der Waals surface area contributed by atoms with Crippen LogP contribution >= 0.6 is 0 Å². The molecular formula is C17H27N. The maximum Gasteiger partial charge on any atom is 0.0210 e. The van der Waals surface area contributed by atoms with E-state index in [4.69, 9.17) is 0 Å². The first kappa shape index (κ1) is 13.6. The van der Waals surface area contributed by atoms with Crippen molar-refractivity contribution in [2.24, 2.45) is 0 Å². The molecule has 1 aromatic carbocycles.